The van der Waals surface area contributed by atoms with Crippen molar-refractivity contribution in [2.75, 3.05) is 10.6 Å². The van der Waals surface area contributed by atoms with Crippen LogP contribution in [0.2, 0.25) is 10.0 Å². The Kier molecular flexibility index (Phi) is 6.74. The Bertz CT molecular complexity index is 1050. The van der Waals surface area contributed by atoms with Gasteiger partial charge in [-0.1, -0.05) is 23.2 Å². The van der Waals surface area contributed by atoms with Crippen molar-refractivity contribution in [3.05, 3.63) is 68.1 Å². The van der Waals surface area contributed by atoms with Crippen molar-refractivity contribution in [1.29, 1.82) is 0 Å². The van der Waals surface area contributed by atoms with E-state index < -0.39 is 0 Å². The van der Waals surface area contributed by atoms with E-state index in [2.05, 4.69) is 15.6 Å². The zero-order valence-electron chi connectivity index (χ0n) is 15.6. The average molecular weight is 450 g/mol. The molecule has 3 aromatic rings. The molecule has 1 aromatic heterocycles. The summed E-state index contributed by atoms with van der Waals surface area (Å²) in [6.07, 6.45) is 0. The van der Waals surface area contributed by atoms with Crippen LogP contribution in [0.1, 0.15) is 27.3 Å². The molecule has 0 atom stereocenters. The van der Waals surface area contributed by atoms with Crippen molar-refractivity contribution in [3.8, 4) is 5.75 Å². The SMILES string of the molecule is CC(=O)Nc1ccc(Cl)c(NC(=O)c2sc(COc3ccc(Cl)cc3)nc2C)c1. The van der Waals surface area contributed by atoms with Gasteiger partial charge in [-0.2, -0.15) is 0 Å². The molecule has 6 nitrogen and oxygen atoms in total. The van der Waals surface area contributed by atoms with Crippen LogP contribution in [0, 0.1) is 6.92 Å². The van der Waals surface area contributed by atoms with Crippen LogP contribution in [0.4, 0.5) is 11.4 Å². The summed E-state index contributed by atoms with van der Waals surface area (Å²) in [6, 6.07) is 11.9. The predicted octanol–water partition coefficient (Wildman–Crippen LogP) is 5.55. The van der Waals surface area contributed by atoms with Gasteiger partial charge in [-0.25, -0.2) is 4.98 Å². The number of nitrogens with one attached hydrogen (secondary N) is 2. The normalized spacial score (nSPS) is 10.5. The third-order valence-electron chi connectivity index (χ3n) is 3.76. The third-order valence-corrected chi connectivity index (χ3v) is 5.47. The Morgan fingerprint density at radius 1 is 1.10 bits per heavy atom. The van der Waals surface area contributed by atoms with E-state index in [4.69, 9.17) is 27.9 Å². The molecule has 0 aliphatic rings. The molecular weight excluding hydrogens is 433 g/mol. The fourth-order valence-corrected chi connectivity index (χ4v) is 3.65. The molecule has 0 aliphatic carbocycles. The van der Waals surface area contributed by atoms with Gasteiger partial charge in [-0.15, -0.1) is 11.3 Å². The maximum absolute atomic E-state index is 12.7. The summed E-state index contributed by atoms with van der Waals surface area (Å²) in [5, 5.41) is 7.08. The molecular formula is C20H17Cl2N3O3S. The van der Waals surface area contributed by atoms with Crippen molar-refractivity contribution < 1.29 is 14.3 Å². The Morgan fingerprint density at radius 3 is 2.52 bits per heavy atom. The molecule has 3 rings (SSSR count). The number of carbonyl (C=O) groups is 2. The summed E-state index contributed by atoms with van der Waals surface area (Å²) in [7, 11) is 0. The molecule has 0 spiro atoms. The number of nitrogens with zero attached hydrogens (tertiary/aromatic N) is 1. The van der Waals surface area contributed by atoms with Gasteiger partial charge < -0.3 is 15.4 Å². The molecule has 0 saturated heterocycles. The minimum absolute atomic E-state index is 0.215. The number of aryl methyl sites for hydroxylation is 1. The second kappa shape index (κ2) is 9.26. The number of thiazole rings is 1. The largest absolute Gasteiger partial charge is 0.486 e. The smallest absolute Gasteiger partial charge is 0.267 e. The van der Waals surface area contributed by atoms with E-state index in [9.17, 15) is 9.59 Å². The molecule has 2 aromatic carbocycles. The maximum atomic E-state index is 12.7. The average Bonchev–Trinajstić information content (AvgIpc) is 3.04. The van der Waals surface area contributed by atoms with Crippen LogP contribution < -0.4 is 15.4 Å². The van der Waals surface area contributed by atoms with Gasteiger partial charge in [0.15, 0.2) is 0 Å². The minimum atomic E-state index is -0.334. The van der Waals surface area contributed by atoms with E-state index in [0.717, 1.165) is 0 Å². The van der Waals surface area contributed by atoms with E-state index in [-0.39, 0.29) is 18.4 Å². The monoisotopic (exact) mass is 449 g/mol. The van der Waals surface area contributed by atoms with Crippen molar-refractivity contribution >= 4 is 57.7 Å². The molecule has 0 saturated carbocycles. The number of benzene rings is 2. The predicted molar refractivity (Wildman–Crippen MR) is 116 cm³/mol. The van der Waals surface area contributed by atoms with Gasteiger partial charge >= 0.3 is 0 Å². The quantitative estimate of drug-likeness (QED) is 0.516. The fraction of sp³-hybridized carbons (Fsp3) is 0.150. The van der Waals surface area contributed by atoms with E-state index in [0.29, 0.717) is 42.7 Å². The Hall–Kier alpha value is -2.61. The van der Waals surface area contributed by atoms with Crippen LogP contribution in [-0.2, 0) is 11.4 Å². The fourth-order valence-electron chi connectivity index (χ4n) is 2.48. The summed E-state index contributed by atoms with van der Waals surface area (Å²) in [5.41, 5.74) is 1.53. The molecule has 2 N–H and O–H groups in total. The van der Waals surface area contributed by atoms with Gasteiger partial charge in [-0.3, -0.25) is 9.59 Å². The van der Waals surface area contributed by atoms with Crippen molar-refractivity contribution in [1.82, 2.24) is 4.98 Å². The molecule has 29 heavy (non-hydrogen) atoms. The lowest BCUT2D eigenvalue weighted by Crippen LogP contribution is -2.13. The second-order valence-corrected chi connectivity index (χ2v) is 8.02. The first-order chi connectivity index (χ1) is 13.8. The second-order valence-electron chi connectivity index (χ2n) is 6.09. The van der Waals surface area contributed by atoms with Crippen LogP contribution in [0.3, 0.4) is 0 Å². The maximum Gasteiger partial charge on any atom is 0.267 e. The zero-order valence-corrected chi connectivity index (χ0v) is 17.9. The van der Waals surface area contributed by atoms with Crippen LogP contribution in [0.15, 0.2) is 42.5 Å². The van der Waals surface area contributed by atoms with E-state index in [1.165, 1.54) is 18.3 Å². The van der Waals surface area contributed by atoms with Gasteiger partial charge in [-0.05, 0) is 49.4 Å². The lowest BCUT2D eigenvalue weighted by Gasteiger charge is -2.09. The Balaban J connectivity index is 1.70. The highest BCUT2D eigenvalue weighted by Crippen LogP contribution is 2.28. The number of rotatable bonds is 6. The topological polar surface area (TPSA) is 80.3 Å². The van der Waals surface area contributed by atoms with Crippen LogP contribution >= 0.6 is 34.5 Å². The van der Waals surface area contributed by atoms with Gasteiger partial charge in [0.1, 0.15) is 22.2 Å². The summed E-state index contributed by atoms with van der Waals surface area (Å²) < 4.78 is 5.68. The molecule has 0 aliphatic heterocycles. The Labute approximate surface area is 181 Å². The summed E-state index contributed by atoms with van der Waals surface area (Å²) >= 11 is 13.3. The lowest BCUT2D eigenvalue weighted by atomic mass is 10.2. The molecule has 1 heterocycles. The number of ether oxygens (including phenoxy) is 1. The summed E-state index contributed by atoms with van der Waals surface area (Å²) in [6.45, 7) is 3.40. The minimum Gasteiger partial charge on any atom is -0.486 e. The molecule has 0 fully saturated rings. The van der Waals surface area contributed by atoms with Gasteiger partial charge in [0, 0.05) is 17.6 Å². The highest BCUT2D eigenvalue weighted by molar-refractivity contribution is 7.13. The van der Waals surface area contributed by atoms with Crippen molar-refractivity contribution in [2.24, 2.45) is 0 Å². The molecule has 2 amide bonds. The number of amides is 2. The molecule has 0 unspecified atom stereocenters. The zero-order chi connectivity index (χ0) is 21.0. The number of anilines is 2. The van der Waals surface area contributed by atoms with Gasteiger partial charge in [0.05, 0.1) is 16.4 Å². The highest BCUT2D eigenvalue weighted by atomic mass is 35.5. The standard InChI is InChI=1S/C20H17Cl2N3O3S/c1-11-19(29-18(23-11)10-28-15-6-3-13(21)4-7-15)20(27)25-17-9-14(24-12(2)26)5-8-16(17)22/h3-9H,10H2,1-2H3,(H,24,26)(H,25,27). The molecule has 150 valence electrons. The van der Waals surface area contributed by atoms with Crippen molar-refractivity contribution in [2.45, 2.75) is 20.5 Å². The van der Waals surface area contributed by atoms with Crippen LogP contribution in [0.25, 0.3) is 0 Å². The first-order valence-electron chi connectivity index (χ1n) is 8.55. The molecule has 0 bridgehead atoms. The van der Waals surface area contributed by atoms with Crippen LogP contribution in [0.5, 0.6) is 5.75 Å². The molecule has 9 heteroatoms. The van der Waals surface area contributed by atoms with Crippen molar-refractivity contribution in [3.63, 3.8) is 0 Å². The number of halogens is 2. The number of aromatic nitrogens is 1. The van der Waals surface area contributed by atoms with Gasteiger partial charge in [0.25, 0.3) is 5.91 Å². The first-order valence-corrected chi connectivity index (χ1v) is 10.1. The van der Waals surface area contributed by atoms with Crippen LogP contribution in [-0.4, -0.2) is 16.8 Å². The summed E-state index contributed by atoms with van der Waals surface area (Å²) in [4.78, 5) is 28.8. The van der Waals surface area contributed by atoms with E-state index in [1.54, 1.807) is 49.4 Å². The Morgan fingerprint density at radius 2 is 1.83 bits per heavy atom. The first kappa shape index (κ1) is 21.1. The number of hydrogen-bond acceptors (Lipinski definition) is 5. The number of hydrogen-bond donors (Lipinski definition) is 2. The lowest BCUT2D eigenvalue weighted by molar-refractivity contribution is -0.114. The summed E-state index contributed by atoms with van der Waals surface area (Å²) in [5.74, 6) is 0.114. The highest BCUT2D eigenvalue weighted by Gasteiger charge is 2.17. The third kappa shape index (κ3) is 5.69. The van der Waals surface area contributed by atoms with Gasteiger partial charge in [0.2, 0.25) is 5.91 Å². The molecule has 0 radical (unpaired) electrons. The number of carbonyl (C=O) groups excluding carboxylic acids is 2. The van der Waals surface area contributed by atoms with E-state index >= 15 is 0 Å². The van der Waals surface area contributed by atoms with E-state index in [1.807, 2.05) is 0 Å².